The highest BCUT2D eigenvalue weighted by atomic mass is 16.5. The minimum absolute atomic E-state index is 0.568. The largest absolute Gasteiger partial charge is 0.383 e. The number of piperidine rings is 1. The van der Waals surface area contributed by atoms with Gasteiger partial charge < -0.3 is 4.74 Å². The normalized spacial score (nSPS) is 26.4. The van der Waals surface area contributed by atoms with Gasteiger partial charge in [0.1, 0.15) is 0 Å². The number of ether oxygens (including phenoxy) is 1. The summed E-state index contributed by atoms with van der Waals surface area (Å²) in [5.41, 5.74) is 3.63. The number of nitrogens with one attached hydrogen (secondary N) is 1. The summed E-state index contributed by atoms with van der Waals surface area (Å²) in [6, 6.07) is 0.568. The van der Waals surface area contributed by atoms with Crippen LogP contribution in [0.15, 0.2) is 0 Å². The van der Waals surface area contributed by atoms with Gasteiger partial charge in [-0.15, -0.1) is 0 Å². The Hall–Kier alpha value is -0.120. The van der Waals surface area contributed by atoms with Crippen molar-refractivity contribution in [3.05, 3.63) is 0 Å². The van der Waals surface area contributed by atoms with Gasteiger partial charge in [-0.2, -0.15) is 0 Å². The van der Waals surface area contributed by atoms with Gasteiger partial charge in [-0.05, 0) is 31.6 Å². The second-order valence-corrected chi connectivity index (χ2v) is 4.58. The van der Waals surface area contributed by atoms with E-state index in [-0.39, 0.29) is 0 Å². The van der Waals surface area contributed by atoms with Crippen LogP contribution in [0.25, 0.3) is 0 Å². The predicted octanol–water partition coefficient (Wildman–Crippen LogP) is 1.40. The fraction of sp³-hybridized carbons (Fsp3) is 1.00. The SMILES string of the molecule is COCC(NN1CCCCC1)C1CC1. The summed E-state index contributed by atoms with van der Waals surface area (Å²) in [6.07, 6.45) is 6.86. The van der Waals surface area contributed by atoms with Crippen molar-refractivity contribution in [2.45, 2.75) is 38.1 Å². The number of nitrogens with zero attached hydrogens (tertiary/aromatic N) is 1. The first-order valence-electron chi connectivity index (χ1n) is 5.90. The molecule has 0 spiro atoms. The lowest BCUT2D eigenvalue weighted by atomic mass is 10.1. The van der Waals surface area contributed by atoms with Crippen LogP contribution in [0, 0.1) is 5.92 Å². The Kier molecular flexibility index (Phi) is 3.79. The maximum absolute atomic E-state index is 5.26. The van der Waals surface area contributed by atoms with Crippen LogP contribution in [0.4, 0.5) is 0 Å². The highest BCUT2D eigenvalue weighted by molar-refractivity contribution is 4.86. The van der Waals surface area contributed by atoms with Gasteiger partial charge in [-0.3, -0.25) is 0 Å². The number of rotatable bonds is 5. The smallest absolute Gasteiger partial charge is 0.0632 e. The molecule has 1 heterocycles. The van der Waals surface area contributed by atoms with Gasteiger partial charge in [0.05, 0.1) is 6.61 Å². The van der Waals surface area contributed by atoms with E-state index in [9.17, 15) is 0 Å². The van der Waals surface area contributed by atoms with Gasteiger partial charge in [0.25, 0.3) is 0 Å². The Labute approximate surface area is 86.8 Å². The summed E-state index contributed by atoms with van der Waals surface area (Å²) in [5.74, 6) is 0.872. The highest BCUT2D eigenvalue weighted by Gasteiger charge is 2.32. The van der Waals surface area contributed by atoms with E-state index >= 15 is 0 Å². The molecule has 1 atom stereocenters. The Bertz CT molecular complexity index is 165. The van der Waals surface area contributed by atoms with Gasteiger partial charge in [0, 0.05) is 26.2 Å². The third-order valence-electron chi connectivity index (χ3n) is 3.24. The molecule has 82 valence electrons. The van der Waals surface area contributed by atoms with Crippen LogP contribution in [0.5, 0.6) is 0 Å². The number of hydrogen-bond donors (Lipinski definition) is 1. The van der Waals surface area contributed by atoms with Crippen LogP contribution in [-0.4, -0.2) is 37.9 Å². The van der Waals surface area contributed by atoms with E-state index in [4.69, 9.17) is 4.74 Å². The summed E-state index contributed by atoms with van der Waals surface area (Å²) in [4.78, 5) is 0. The van der Waals surface area contributed by atoms with Crippen LogP contribution >= 0.6 is 0 Å². The number of hydrogen-bond acceptors (Lipinski definition) is 3. The van der Waals surface area contributed by atoms with E-state index in [0.29, 0.717) is 6.04 Å². The zero-order valence-corrected chi connectivity index (χ0v) is 9.17. The highest BCUT2D eigenvalue weighted by Crippen LogP contribution is 2.33. The molecule has 0 aromatic rings. The molecule has 0 bridgehead atoms. The number of hydrazine groups is 1. The minimum atomic E-state index is 0.568. The van der Waals surface area contributed by atoms with Crippen LogP contribution in [0.3, 0.4) is 0 Å². The maximum Gasteiger partial charge on any atom is 0.0632 e. The van der Waals surface area contributed by atoms with Crippen molar-refractivity contribution in [3.63, 3.8) is 0 Å². The first kappa shape index (κ1) is 10.4. The molecule has 2 aliphatic rings. The van der Waals surface area contributed by atoms with Crippen LogP contribution in [-0.2, 0) is 4.74 Å². The van der Waals surface area contributed by atoms with Gasteiger partial charge >= 0.3 is 0 Å². The lowest BCUT2D eigenvalue weighted by Gasteiger charge is -2.31. The molecule has 1 unspecified atom stereocenters. The molecule has 1 saturated heterocycles. The molecular formula is C11H22N2O. The Morgan fingerprint density at radius 3 is 2.57 bits per heavy atom. The molecule has 0 aromatic heterocycles. The summed E-state index contributed by atoms with van der Waals surface area (Å²) in [5, 5.41) is 2.39. The average molecular weight is 198 g/mol. The Balaban J connectivity index is 1.73. The van der Waals surface area contributed by atoms with Gasteiger partial charge in [-0.25, -0.2) is 10.4 Å². The fourth-order valence-electron chi connectivity index (χ4n) is 2.21. The van der Waals surface area contributed by atoms with Crippen LogP contribution in [0.2, 0.25) is 0 Å². The van der Waals surface area contributed by atoms with Crippen molar-refractivity contribution in [1.82, 2.24) is 10.4 Å². The van der Waals surface area contributed by atoms with Crippen molar-refractivity contribution in [3.8, 4) is 0 Å². The molecule has 1 aliphatic heterocycles. The molecule has 1 saturated carbocycles. The van der Waals surface area contributed by atoms with Crippen molar-refractivity contribution in [2.24, 2.45) is 5.92 Å². The Morgan fingerprint density at radius 1 is 1.29 bits per heavy atom. The second-order valence-electron chi connectivity index (χ2n) is 4.58. The molecule has 0 radical (unpaired) electrons. The van der Waals surface area contributed by atoms with Crippen molar-refractivity contribution in [1.29, 1.82) is 0 Å². The minimum Gasteiger partial charge on any atom is -0.383 e. The van der Waals surface area contributed by atoms with Crippen LogP contribution < -0.4 is 5.43 Å². The first-order chi connectivity index (χ1) is 6.90. The van der Waals surface area contributed by atoms with Gasteiger partial charge in [-0.1, -0.05) is 6.42 Å². The lowest BCUT2D eigenvalue weighted by molar-refractivity contribution is 0.0749. The van der Waals surface area contributed by atoms with Gasteiger partial charge in [0.15, 0.2) is 0 Å². The molecular weight excluding hydrogens is 176 g/mol. The quantitative estimate of drug-likeness (QED) is 0.722. The standard InChI is InChI=1S/C11H22N2O/c1-14-9-11(10-5-6-10)12-13-7-3-2-4-8-13/h10-12H,2-9H2,1H3. The molecule has 3 heteroatoms. The fourth-order valence-corrected chi connectivity index (χ4v) is 2.21. The molecule has 14 heavy (non-hydrogen) atoms. The summed E-state index contributed by atoms with van der Waals surface area (Å²) < 4.78 is 5.26. The van der Waals surface area contributed by atoms with E-state index < -0.39 is 0 Å². The topological polar surface area (TPSA) is 24.5 Å². The van der Waals surface area contributed by atoms with Crippen molar-refractivity contribution < 1.29 is 4.74 Å². The zero-order chi connectivity index (χ0) is 9.80. The Morgan fingerprint density at radius 2 is 2.00 bits per heavy atom. The third kappa shape index (κ3) is 2.94. The summed E-state index contributed by atoms with van der Waals surface area (Å²) >= 11 is 0. The lowest BCUT2D eigenvalue weighted by Crippen LogP contribution is -2.49. The molecule has 1 aliphatic carbocycles. The average Bonchev–Trinajstić information content (AvgIpc) is 3.02. The van der Waals surface area contributed by atoms with Gasteiger partial charge in [0.2, 0.25) is 0 Å². The zero-order valence-electron chi connectivity index (χ0n) is 9.17. The molecule has 2 fully saturated rings. The third-order valence-corrected chi connectivity index (χ3v) is 3.24. The molecule has 0 aromatic carbocycles. The first-order valence-corrected chi connectivity index (χ1v) is 5.90. The van der Waals surface area contributed by atoms with E-state index in [2.05, 4.69) is 10.4 Å². The van der Waals surface area contributed by atoms with E-state index in [0.717, 1.165) is 12.5 Å². The summed E-state index contributed by atoms with van der Waals surface area (Å²) in [6.45, 7) is 3.29. The second kappa shape index (κ2) is 5.10. The molecule has 1 N–H and O–H groups in total. The molecule has 2 rings (SSSR count). The molecule has 3 nitrogen and oxygen atoms in total. The van der Waals surface area contributed by atoms with Crippen LogP contribution in [0.1, 0.15) is 32.1 Å². The maximum atomic E-state index is 5.26. The van der Waals surface area contributed by atoms with Crippen molar-refractivity contribution >= 4 is 0 Å². The van der Waals surface area contributed by atoms with E-state index in [1.165, 1.54) is 45.2 Å². The van der Waals surface area contributed by atoms with E-state index in [1.54, 1.807) is 7.11 Å². The number of methoxy groups -OCH3 is 1. The molecule has 0 amide bonds. The monoisotopic (exact) mass is 198 g/mol. The summed E-state index contributed by atoms with van der Waals surface area (Å²) in [7, 11) is 1.80. The predicted molar refractivity (Wildman–Crippen MR) is 56.9 cm³/mol. The van der Waals surface area contributed by atoms with Crippen molar-refractivity contribution in [2.75, 3.05) is 26.8 Å². The van der Waals surface area contributed by atoms with E-state index in [1.807, 2.05) is 0 Å².